The molecule has 12 aromatic rings. The summed E-state index contributed by atoms with van der Waals surface area (Å²) >= 11 is 0. The fraction of sp³-hybridized carbons (Fsp3) is 0.0536. The largest absolute Gasteiger partial charge is 0.456 e. The van der Waals surface area contributed by atoms with E-state index in [1.54, 1.807) is 0 Å². The van der Waals surface area contributed by atoms with Gasteiger partial charge >= 0.3 is 0 Å². The fourth-order valence-electron chi connectivity index (χ4n) is 10.2. The predicted molar refractivity (Wildman–Crippen MR) is 250 cm³/mol. The van der Waals surface area contributed by atoms with E-state index >= 15 is 0 Å². The Labute approximate surface area is 351 Å². The normalized spacial score (nSPS) is 13.2. The third-order valence-corrected chi connectivity index (χ3v) is 13.0. The lowest BCUT2D eigenvalue weighted by molar-refractivity contribution is 0.662. The maximum atomic E-state index is 6.40. The molecule has 0 saturated carbocycles. The van der Waals surface area contributed by atoms with Crippen molar-refractivity contribution in [1.29, 1.82) is 0 Å². The van der Waals surface area contributed by atoms with Gasteiger partial charge in [-0.25, -0.2) is 4.98 Å². The molecule has 9 aromatic carbocycles. The van der Waals surface area contributed by atoms with Gasteiger partial charge in [0.25, 0.3) is 0 Å². The van der Waals surface area contributed by atoms with Crippen LogP contribution >= 0.6 is 0 Å². The Balaban J connectivity index is 1.13. The van der Waals surface area contributed by atoms with E-state index in [2.05, 4.69) is 182 Å². The molecule has 0 aliphatic heterocycles. The topological polar surface area (TPSA) is 56.7 Å². The molecule has 3 aromatic heterocycles. The van der Waals surface area contributed by atoms with Gasteiger partial charge in [0.15, 0.2) is 11.6 Å². The van der Waals surface area contributed by atoms with Gasteiger partial charge in [-0.3, -0.25) is 4.57 Å². The van der Waals surface area contributed by atoms with Crippen LogP contribution in [0.1, 0.15) is 25.0 Å². The third kappa shape index (κ3) is 4.98. The van der Waals surface area contributed by atoms with Gasteiger partial charge in [0, 0.05) is 43.7 Å². The summed E-state index contributed by atoms with van der Waals surface area (Å²) < 4.78 is 8.69. The highest BCUT2D eigenvalue weighted by atomic mass is 16.3. The van der Waals surface area contributed by atoms with Crippen LogP contribution in [0.3, 0.4) is 0 Å². The lowest BCUT2D eigenvalue weighted by atomic mass is 9.78. The van der Waals surface area contributed by atoms with Crippen molar-refractivity contribution in [2.75, 3.05) is 0 Å². The zero-order valence-corrected chi connectivity index (χ0v) is 33.5. The highest BCUT2D eigenvalue weighted by Crippen LogP contribution is 2.53. The molecule has 0 N–H and O–H groups in total. The minimum absolute atomic E-state index is 0.213. The monoisotopic (exact) mass is 780 g/mol. The molecule has 0 unspecified atom stereocenters. The molecule has 3 heterocycles. The first kappa shape index (κ1) is 34.0. The first-order chi connectivity index (χ1) is 30.0. The summed E-state index contributed by atoms with van der Waals surface area (Å²) in [4.78, 5) is 16.1. The molecule has 0 saturated heterocycles. The quantitative estimate of drug-likeness (QED) is 0.178. The van der Waals surface area contributed by atoms with E-state index in [1.807, 2.05) is 18.2 Å². The molecule has 5 heteroatoms. The van der Waals surface area contributed by atoms with Crippen molar-refractivity contribution < 1.29 is 4.42 Å². The molecule has 0 fully saturated rings. The molecule has 0 amide bonds. The number of benzene rings is 9. The van der Waals surface area contributed by atoms with Crippen molar-refractivity contribution in [2.24, 2.45) is 0 Å². The van der Waals surface area contributed by atoms with Gasteiger partial charge < -0.3 is 4.42 Å². The molecule has 1 aliphatic rings. The van der Waals surface area contributed by atoms with Crippen LogP contribution < -0.4 is 0 Å². The minimum Gasteiger partial charge on any atom is -0.456 e. The predicted octanol–water partition coefficient (Wildman–Crippen LogP) is 14.5. The van der Waals surface area contributed by atoms with Gasteiger partial charge in [0.1, 0.15) is 11.2 Å². The van der Waals surface area contributed by atoms with Gasteiger partial charge in [0.05, 0.1) is 11.0 Å². The third-order valence-electron chi connectivity index (χ3n) is 13.0. The summed E-state index contributed by atoms with van der Waals surface area (Å²) in [7, 11) is 0. The fourth-order valence-corrected chi connectivity index (χ4v) is 10.2. The number of hydrogen-bond donors (Lipinski definition) is 0. The van der Waals surface area contributed by atoms with E-state index in [0.29, 0.717) is 17.6 Å². The van der Waals surface area contributed by atoms with E-state index in [0.717, 1.165) is 76.6 Å². The Morgan fingerprint density at radius 2 is 1.02 bits per heavy atom. The molecule has 1 aliphatic carbocycles. The van der Waals surface area contributed by atoms with Gasteiger partial charge in [-0.15, -0.1) is 0 Å². The number of furan rings is 1. The molecular formula is C56H36N4O. The average Bonchev–Trinajstić information content (AvgIpc) is 3.92. The van der Waals surface area contributed by atoms with Crippen molar-refractivity contribution in [1.82, 2.24) is 19.5 Å². The lowest BCUT2D eigenvalue weighted by Crippen LogP contribution is -2.16. The maximum Gasteiger partial charge on any atom is 0.238 e. The SMILES string of the molecule is CC1(C)c2ccccc2-c2cccc(-c3cccc4c5cc6ccccc6cc5n(-c5nc(-c6ccc7ccccc7c6)nc(-c6ccc7c(c6)oc6ccccc67)n5)c34)c21. The van der Waals surface area contributed by atoms with E-state index in [9.17, 15) is 0 Å². The van der Waals surface area contributed by atoms with Crippen LogP contribution in [-0.2, 0) is 5.41 Å². The van der Waals surface area contributed by atoms with E-state index in [1.165, 1.54) is 33.2 Å². The number of fused-ring (bicyclic) bond motifs is 11. The molecule has 61 heavy (non-hydrogen) atoms. The Morgan fingerprint density at radius 1 is 0.426 bits per heavy atom. The van der Waals surface area contributed by atoms with Crippen LogP contribution in [0, 0.1) is 0 Å². The van der Waals surface area contributed by atoms with Gasteiger partial charge in [-0.2, -0.15) is 9.97 Å². The minimum atomic E-state index is -0.213. The summed E-state index contributed by atoms with van der Waals surface area (Å²) in [5.41, 5.74) is 12.9. The molecule has 0 atom stereocenters. The first-order valence-electron chi connectivity index (χ1n) is 20.8. The number of para-hydroxylation sites is 2. The number of aromatic nitrogens is 4. The van der Waals surface area contributed by atoms with Crippen LogP contribution in [0.4, 0.5) is 0 Å². The highest BCUT2D eigenvalue weighted by Gasteiger charge is 2.38. The maximum absolute atomic E-state index is 6.40. The van der Waals surface area contributed by atoms with E-state index in [-0.39, 0.29) is 5.41 Å². The van der Waals surface area contributed by atoms with Crippen molar-refractivity contribution in [3.05, 3.63) is 193 Å². The second-order valence-electron chi connectivity index (χ2n) is 16.8. The van der Waals surface area contributed by atoms with E-state index < -0.39 is 0 Å². The summed E-state index contributed by atoms with van der Waals surface area (Å²) in [6, 6.07) is 64.9. The van der Waals surface area contributed by atoms with Crippen LogP contribution in [0.2, 0.25) is 0 Å². The summed E-state index contributed by atoms with van der Waals surface area (Å²) in [5, 5.41) is 9.05. The van der Waals surface area contributed by atoms with Crippen LogP contribution in [0.25, 0.3) is 116 Å². The molecule has 286 valence electrons. The van der Waals surface area contributed by atoms with Crippen LogP contribution in [0.5, 0.6) is 0 Å². The second kappa shape index (κ2) is 12.6. The second-order valence-corrected chi connectivity index (χ2v) is 16.8. The zero-order valence-electron chi connectivity index (χ0n) is 33.5. The highest BCUT2D eigenvalue weighted by molar-refractivity contribution is 6.17. The van der Waals surface area contributed by atoms with Gasteiger partial charge in [-0.05, 0) is 85.8 Å². The number of nitrogens with zero attached hydrogens (tertiary/aromatic N) is 4. The van der Waals surface area contributed by atoms with E-state index in [4.69, 9.17) is 19.4 Å². The van der Waals surface area contributed by atoms with Crippen molar-refractivity contribution >= 4 is 65.3 Å². The van der Waals surface area contributed by atoms with Crippen LogP contribution in [0.15, 0.2) is 186 Å². The van der Waals surface area contributed by atoms with Crippen molar-refractivity contribution in [3.63, 3.8) is 0 Å². The van der Waals surface area contributed by atoms with Crippen molar-refractivity contribution in [2.45, 2.75) is 19.3 Å². The molecule has 13 rings (SSSR count). The van der Waals surface area contributed by atoms with Crippen LogP contribution in [-0.4, -0.2) is 19.5 Å². The standard InChI is InChI=1S/C56H36N4O/c1-56(2)47-23-9-7-17-39(47)42-19-11-20-43(51(42)56)44-21-12-22-45-46-30-35-15-5-6-16-36(35)31-48(46)60(52(44)45)55-58-53(37-26-25-33-13-3-4-14-34(33)29-37)57-54(59-55)38-27-28-41-40-18-8-10-24-49(40)61-50(41)32-38/h3-32H,1-2H3. The zero-order chi connectivity index (χ0) is 40.4. The lowest BCUT2D eigenvalue weighted by Gasteiger charge is -2.25. The molecule has 0 spiro atoms. The number of rotatable bonds is 4. The Morgan fingerprint density at radius 3 is 1.85 bits per heavy atom. The summed E-state index contributed by atoms with van der Waals surface area (Å²) in [5.74, 6) is 1.72. The first-order valence-corrected chi connectivity index (χ1v) is 20.8. The molecule has 0 bridgehead atoms. The van der Waals surface area contributed by atoms with Gasteiger partial charge in [-0.1, -0.05) is 159 Å². The molecule has 5 nitrogen and oxygen atoms in total. The molecule has 0 radical (unpaired) electrons. The summed E-state index contributed by atoms with van der Waals surface area (Å²) in [6.45, 7) is 4.72. The summed E-state index contributed by atoms with van der Waals surface area (Å²) in [6.07, 6.45) is 0. The Hall–Kier alpha value is -7.89. The Bertz CT molecular complexity index is 3810. The molecular weight excluding hydrogens is 745 g/mol. The smallest absolute Gasteiger partial charge is 0.238 e. The van der Waals surface area contributed by atoms with Gasteiger partial charge in [0.2, 0.25) is 5.95 Å². The number of hydrogen-bond acceptors (Lipinski definition) is 4. The Kier molecular flexibility index (Phi) is 7.00. The average molecular weight is 781 g/mol. The van der Waals surface area contributed by atoms with Crippen molar-refractivity contribution in [3.8, 4) is 51.0 Å².